The van der Waals surface area contributed by atoms with Crippen LogP contribution in [0.15, 0.2) is 30.5 Å². The van der Waals surface area contributed by atoms with Gasteiger partial charge in [0.1, 0.15) is 5.82 Å². The van der Waals surface area contributed by atoms with E-state index in [-0.39, 0.29) is 5.91 Å². The van der Waals surface area contributed by atoms with Crippen molar-refractivity contribution in [2.75, 3.05) is 30.9 Å². The third-order valence-electron chi connectivity index (χ3n) is 5.68. The van der Waals surface area contributed by atoms with Crippen molar-refractivity contribution in [3.8, 4) is 0 Å². The third-order valence-corrected chi connectivity index (χ3v) is 5.68. The van der Waals surface area contributed by atoms with Gasteiger partial charge < -0.3 is 15.5 Å². The number of hydrogen-bond donors (Lipinski definition) is 2. The molecule has 1 heterocycles. The quantitative estimate of drug-likeness (QED) is 0.801. The number of amides is 1. The fourth-order valence-electron chi connectivity index (χ4n) is 3.69. The molecule has 1 fully saturated rings. The van der Waals surface area contributed by atoms with Crippen LogP contribution in [-0.2, 0) is 0 Å². The topological polar surface area (TPSA) is 70.2 Å². The standard InChI is InChI=1S/C22H31N5O/c1-15-6-5-7-19(16(15)2)21(28)24-14-17-8-10-18(11-9-17)25-22-23-13-12-20(26-22)27(3)4/h5-7,12-13,17-18H,8-11,14H2,1-4H3,(H,24,28)(H,23,25,26). The molecule has 150 valence electrons. The lowest BCUT2D eigenvalue weighted by Gasteiger charge is -2.29. The molecule has 1 aromatic heterocycles. The van der Waals surface area contributed by atoms with Gasteiger partial charge in [0.15, 0.2) is 0 Å². The first-order chi connectivity index (χ1) is 13.4. The van der Waals surface area contributed by atoms with Gasteiger partial charge in [-0.05, 0) is 68.7 Å². The maximum absolute atomic E-state index is 12.5. The first-order valence-corrected chi connectivity index (χ1v) is 10.1. The largest absolute Gasteiger partial charge is 0.363 e. The molecule has 0 bridgehead atoms. The Morgan fingerprint density at radius 3 is 2.61 bits per heavy atom. The molecule has 1 aliphatic carbocycles. The minimum absolute atomic E-state index is 0.0374. The van der Waals surface area contributed by atoms with Crippen LogP contribution in [-0.4, -0.2) is 42.6 Å². The van der Waals surface area contributed by atoms with Crippen molar-refractivity contribution in [3.05, 3.63) is 47.2 Å². The van der Waals surface area contributed by atoms with Crippen LogP contribution in [0.3, 0.4) is 0 Å². The monoisotopic (exact) mass is 381 g/mol. The van der Waals surface area contributed by atoms with E-state index in [1.165, 1.54) is 0 Å². The van der Waals surface area contributed by atoms with E-state index in [9.17, 15) is 4.79 Å². The van der Waals surface area contributed by atoms with Crippen LogP contribution in [0.4, 0.5) is 11.8 Å². The molecule has 2 aromatic rings. The first-order valence-electron chi connectivity index (χ1n) is 10.1. The fraction of sp³-hybridized carbons (Fsp3) is 0.500. The summed E-state index contributed by atoms with van der Waals surface area (Å²) in [4.78, 5) is 23.4. The summed E-state index contributed by atoms with van der Waals surface area (Å²) in [7, 11) is 3.95. The average Bonchev–Trinajstić information content (AvgIpc) is 2.69. The summed E-state index contributed by atoms with van der Waals surface area (Å²) >= 11 is 0. The Bertz CT molecular complexity index is 812. The molecule has 6 nitrogen and oxygen atoms in total. The van der Waals surface area contributed by atoms with Crippen molar-refractivity contribution in [1.82, 2.24) is 15.3 Å². The normalized spacial score (nSPS) is 19.1. The number of hydrogen-bond acceptors (Lipinski definition) is 5. The molecule has 0 unspecified atom stereocenters. The molecule has 0 saturated heterocycles. The first kappa shape index (κ1) is 20.1. The molecule has 1 amide bonds. The number of benzene rings is 1. The van der Waals surface area contributed by atoms with E-state index in [0.29, 0.717) is 17.9 Å². The van der Waals surface area contributed by atoms with Crippen LogP contribution >= 0.6 is 0 Å². The predicted octanol–water partition coefficient (Wildman–Crippen LogP) is 3.56. The minimum atomic E-state index is 0.0374. The second-order valence-electron chi connectivity index (χ2n) is 7.95. The van der Waals surface area contributed by atoms with Gasteiger partial charge in [-0.1, -0.05) is 12.1 Å². The molecule has 0 radical (unpaired) electrons. The highest BCUT2D eigenvalue weighted by Gasteiger charge is 2.22. The molecule has 1 aliphatic rings. The van der Waals surface area contributed by atoms with Gasteiger partial charge in [-0.2, -0.15) is 4.98 Å². The molecule has 3 rings (SSSR count). The number of aryl methyl sites for hydroxylation is 1. The molecular weight excluding hydrogens is 350 g/mol. The van der Waals surface area contributed by atoms with Crippen LogP contribution in [0.2, 0.25) is 0 Å². The Morgan fingerprint density at radius 2 is 1.89 bits per heavy atom. The van der Waals surface area contributed by atoms with Gasteiger partial charge in [0, 0.05) is 38.4 Å². The molecule has 2 N–H and O–H groups in total. The highest BCUT2D eigenvalue weighted by molar-refractivity contribution is 5.95. The van der Waals surface area contributed by atoms with E-state index in [4.69, 9.17) is 0 Å². The number of anilines is 2. The van der Waals surface area contributed by atoms with Crippen molar-refractivity contribution in [2.45, 2.75) is 45.6 Å². The molecule has 0 atom stereocenters. The van der Waals surface area contributed by atoms with Crippen LogP contribution < -0.4 is 15.5 Å². The maximum Gasteiger partial charge on any atom is 0.251 e. The molecule has 1 saturated carbocycles. The lowest BCUT2D eigenvalue weighted by molar-refractivity contribution is 0.0942. The highest BCUT2D eigenvalue weighted by Crippen LogP contribution is 2.26. The van der Waals surface area contributed by atoms with E-state index in [2.05, 4.69) is 20.6 Å². The summed E-state index contributed by atoms with van der Waals surface area (Å²) in [6.45, 7) is 4.79. The van der Waals surface area contributed by atoms with Gasteiger partial charge in [0.2, 0.25) is 5.95 Å². The Balaban J connectivity index is 1.46. The third kappa shape index (κ3) is 5.00. The van der Waals surface area contributed by atoms with Crippen LogP contribution in [0.5, 0.6) is 0 Å². The molecule has 0 aliphatic heterocycles. The van der Waals surface area contributed by atoms with Crippen molar-refractivity contribution >= 4 is 17.7 Å². The zero-order chi connectivity index (χ0) is 20.1. The lowest BCUT2D eigenvalue weighted by Crippen LogP contribution is -2.34. The minimum Gasteiger partial charge on any atom is -0.363 e. The number of carbonyl (C=O) groups is 1. The summed E-state index contributed by atoms with van der Waals surface area (Å²) in [5, 5.41) is 6.60. The summed E-state index contributed by atoms with van der Waals surface area (Å²) in [6.07, 6.45) is 6.12. The Hall–Kier alpha value is -2.63. The van der Waals surface area contributed by atoms with Gasteiger partial charge in [0.05, 0.1) is 0 Å². The lowest BCUT2D eigenvalue weighted by atomic mass is 9.86. The molecular formula is C22H31N5O. The molecule has 1 aromatic carbocycles. The zero-order valence-corrected chi connectivity index (χ0v) is 17.3. The summed E-state index contributed by atoms with van der Waals surface area (Å²) in [5.41, 5.74) is 3.00. The Labute approximate surface area is 167 Å². The summed E-state index contributed by atoms with van der Waals surface area (Å²) < 4.78 is 0. The van der Waals surface area contributed by atoms with Gasteiger partial charge in [-0.25, -0.2) is 4.98 Å². The van der Waals surface area contributed by atoms with E-state index in [1.54, 1.807) is 6.20 Å². The number of carbonyl (C=O) groups excluding carboxylic acids is 1. The fourth-order valence-corrected chi connectivity index (χ4v) is 3.69. The van der Waals surface area contributed by atoms with Crippen LogP contribution in [0.25, 0.3) is 0 Å². The second kappa shape index (κ2) is 9.04. The number of nitrogens with zero attached hydrogens (tertiary/aromatic N) is 3. The van der Waals surface area contributed by atoms with Gasteiger partial charge in [-0.3, -0.25) is 4.79 Å². The van der Waals surface area contributed by atoms with E-state index >= 15 is 0 Å². The van der Waals surface area contributed by atoms with E-state index in [1.807, 2.05) is 57.1 Å². The number of rotatable bonds is 6. The van der Waals surface area contributed by atoms with Gasteiger partial charge >= 0.3 is 0 Å². The highest BCUT2D eigenvalue weighted by atomic mass is 16.1. The van der Waals surface area contributed by atoms with E-state index < -0.39 is 0 Å². The predicted molar refractivity (Wildman–Crippen MR) is 114 cm³/mol. The van der Waals surface area contributed by atoms with Crippen molar-refractivity contribution in [1.29, 1.82) is 0 Å². The average molecular weight is 382 g/mol. The molecule has 6 heteroatoms. The molecule has 0 spiro atoms. The Kier molecular flexibility index (Phi) is 6.49. The second-order valence-corrected chi connectivity index (χ2v) is 7.95. The SMILES string of the molecule is Cc1cccc(C(=O)NCC2CCC(Nc3nccc(N(C)C)n3)CC2)c1C. The van der Waals surface area contributed by atoms with Crippen LogP contribution in [0, 0.1) is 19.8 Å². The van der Waals surface area contributed by atoms with Gasteiger partial charge in [-0.15, -0.1) is 0 Å². The van der Waals surface area contributed by atoms with Crippen molar-refractivity contribution in [2.24, 2.45) is 5.92 Å². The smallest absolute Gasteiger partial charge is 0.251 e. The van der Waals surface area contributed by atoms with Crippen LogP contribution in [0.1, 0.15) is 47.2 Å². The summed E-state index contributed by atoms with van der Waals surface area (Å²) in [6, 6.07) is 8.18. The number of nitrogens with one attached hydrogen (secondary N) is 2. The van der Waals surface area contributed by atoms with Crippen molar-refractivity contribution < 1.29 is 4.79 Å². The van der Waals surface area contributed by atoms with Gasteiger partial charge in [0.25, 0.3) is 5.91 Å². The summed E-state index contributed by atoms with van der Waals surface area (Å²) in [5.74, 6) is 2.16. The zero-order valence-electron chi connectivity index (χ0n) is 17.3. The Morgan fingerprint density at radius 1 is 1.14 bits per heavy atom. The van der Waals surface area contributed by atoms with Crippen molar-refractivity contribution in [3.63, 3.8) is 0 Å². The van der Waals surface area contributed by atoms with E-state index in [0.717, 1.165) is 54.7 Å². The maximum atomic E-state index is 12.5. The number of aromatic nitrogens is 2. The molecule has 28 heavy (non-hydrogen) atoms.